The summed E-state index contributed by atoms with van der Waals surface area (Å²) in [6.45, 7) is 4.12. The van der Waals surface area contributed by atoms with E-state index in [2.05, 4.69) is 4.98 Å². The van der Waals surface area contributed by atoms with Gasteiger partial charge < -0.3 is 9.64 Å². The number of aromatic nitrogens is 1. The lowest BCUT2D eigenvalue weighted by Crippen LogP contribution is -2.36. The van der Waals surface area contributed by atoms with Crippen molar-refractivity contribution in [2.24, 2.45) is 5.41 Å². The minimum atomic E-state index is -0.549. The van der Waals surface area contributed by atoms with E-state index < -0.39 is 11.9 Å². The van der Waals surface area contributed by atoms with Gasteiger partial charge in [-0.3, -0.25) is 0 Å². The number of rotatable bonds is 5. The maximum atomic E-state index is 13.5. The number of nitrogens with zero attached hydrogens (tertiary/aromatic N) is 2. The first-order chi connectivity index (χ1) is 10.6. The molecule has 3 rings (SSSR count). The van der Waals surface area contributed by atoms with Crippen LogP contribution in [0, 0.1) is 11.4 Å². The van der Waals surface area contributed by atoms with Crippen molar-refractivity contribution in [1.29, 1.82) is 0 Å². The Morgan fingerprint density at radius 2 is 2.05 bits per heavy atom. The molecule has 22 heavy (non-hydrogen) atoms. The Bertz CT molecular complexity index is 548. The minimum absolute atomic E-state index is 0.379. The first-order valence-electron chi connectivity index (χ1n) is 8.22. The van der Waals surface area contributed by atoms with Gasteiger partial charge in [-0.1, -0.05) is 13.3 Å². The highest BCUT2D eigenvalue weighted by atomic mass is 19.1. The van der Waals surface area contributed by atoms with E-state index in [1.54, 1.807) is 0 Å². The number of carbonyl (C=O) groups is 1. The van der Waals surface area contributed by atoms with Crippen molar-refractivity contribution in [2.75, 3.05) is 24.6 Å². The summed E-state index contributed by atoms with van der Waals surface area (Å²) in [5, 5.41) is 0. The van der Waals surface area contributed by atoms with Crippen LogP contribution in [-0.4, -0.2) is 30.6 Å². The quantitative estimate of drug-likeness (QED) is 0.474. The van der Waals surface area contributed by atoms with Gasteiger partial charge in [0.25, 0.3) is 0 Å². The zero-order valence-electron chi connectivity index (χ0n) is 13.1. The fourth-order valence-corrected chi connectivity index (χ4v) is 3.08. The molecule has 0 radical (unpaired) electrons. The second-order valence-corrected chi connectivity index (χ2v) is 6.48. The SMILES string of the molecule is CCCCOC(=O)c1ccc(F)nc1N1CCC2(CC1)CC2. The highest BCUT2D eigenvalue weighted by Gasteiger charge is 2.44. The standard InChI is InChI=1S/C17H23FN2O2/c1-2-3-12-22-16(21)13-4-5-14(18)19-15(13)20-10-8-17(6-7-17)9-11-20/h4-5H,2-3,6-12H2,1H3. The van der Waals surface area contributed by atoms with Gasteiger partial charge in [-0.25, -0.2) is 9.78 Å². The molecule has 0 atom stereocenters. The van der Waals surface area contributed by atoms with Gasteiger partial charge in [-0.05, 0) is 49.7 Å². The number of halogens is 1. The van der Waals surface area contributed by atoms with Crippen LogP contribution in [0.15, 0.2) is 12.1 Å². The Labute approximate surface area is 130 Å². The summed E-state index contributed by atoms with van der Waals surface area (Å²) in [6.07, 6.45) is 6.63. The maximum absolute atomic E-state index is 13.5. The Balaban J connectivity index is 1.74. The molecule has 1 aliphatic heterocycles. The fraction of sp³-hybridized carbons (Fsp3) is 0.647. The van der Waals surface area contributed by atoms with Gasteiger partial charge in [0.15, 0.2) is 0 Å². The van der Waals surface area contributed by atoms with Crippen molar-refractivity contribution >= 4 is 11.8 Å². The monoisotopic (exact) mass is 306 g/mol. The molecular weight excluding hydrogens is 283 g/mol. The van der Waals surface area contributed by atoms with Crippen LogP contribution >= 0.6 is 0 Å². The molecule has 2 heterocycles. The van der Waals surface area contributed by atoms with Crippen LogP contribution < -0.4 is 4.90 Å². The van der Waals surface area contributed by atoms with Crippen LogP contribution in [0.2, 0.25) is 0 Å². The third kappa shape index (κ3) is 3.23. The highest BCUT2D eigenvalue weighted by molar-refractivity contribution is 5.94. The van der Waals surface area contributed by atoms with Crippen LogP contribution in [0.1, 0.15) is 55.8 Å². The number of hydrogen-bond acceptors (Lipinski definition) is 4. The molecule has 4 nitrogen and oxygen atoms in total. The number of ether oxygens (including phenoxy) is 1. The largest absolute Gasteiger partial charge is 0.462 e. The maximum Gasteiger partial charge on any atom is 0.341 e. The molecule has 1 saturated carbocycles. The normalized spacial score (nSPS) is 19.3. The van der Waals surface area contributed by atoms with Gasteiger partial charge in [0.2, 0.25) is 5.95 Å². The predicted molar refractivity (Wildman–Crippen MR) is 82.5 cm³/mol. The van der Waals surface area contributed by atoms with E-state index >= 15 is 0 Å². The lowest BCUT2D eigenvalue weighted by atomic mass is 9.93. The summed E-state index contributed by atoms with van der Waals surface area (Å²) in [6, 6.07) is 2.72. The van der Waals surface area contributed by atoms with Crippen LogP contribution in [0.25, 0.3) is 0 Å². The zero-order valence-corrected chi connectivity index (χ0v) is 13.1. The number of carbonyl (C=O) groups excluding carboxylic acids is 1. The van der Waals surface area contributed by atoms with Crippen molar-refractivity contribution in [3.63, 3.8) is 0 Å². The summed E-state index contributed by atoms with van der Waals surface area (Å²) in [7, 11) is 0. The van der Waals surface area contributed by atoms with Crippen molar-refractivity contribution in [2.45, 2.75) is 45.4 Å². The first kappa shape index (κ1) is 15.3. The van der Waals surface area contributed by atoms with Crippen molar-refractivity contribution in [1.82, 2.24) is 4.98 Å². The Kier molecular flexibility index (Phi) is 4.32. The average molecular weight is 306 g/mol. The molecule has 0 aromatic carbocycles. The van der Waals surface area contributed by atoms with Crippen molar-refractivity contribution < 1.29 is 13.9 Å². The van der Waals surface area contributed by atoms with Gasteiger partial charge in [0, 0.05) is 13.1 Å². The van der Waals surface area contributed by atoms with Gasteiger partial charge in [0.1, 0.15) is 11.4 Å². The van der Waals surface area contributed by atoms with Gasteiger partial charge >= 0.3 is 5.97 Å². The van der Waals surface area contributed by atoms with Crippen LogP contribution in [0.4, 0.5) is 10.2 Å². The third-order valence-corrected chi connectivity index (χ3v) is 4.87. The Morgan fingerprint density at radius 1 is 1.32 bits per heavy atom. The van der Waals surface area contributed by atoms with E-state index in [4.69, 9.17) is 4.74 Å². The van der Waals surface area contributed by atoms with Gasteiger partial charge in [-0.15, -0.1) is 0 Å². The number of unbranched alkanes of at least 4 members (excludes halogenated alkanes) is 1. The summed E-state index contributed by atoms with van der Waals surface area (Å²) in [4.78, 5) is 18.2. The Hall–Kier alpha value is -1.65. The summed E-state index contributed by atoms with van der Waals surface area (Å²) in [5.74, 6) is -0.508. The van der Waals surface area contributed by atoms with Crippen molar-refractivity contribution in [3.05, 3.63) is 23.6 Å². The molecule has 1 aliphatic carbocycles. The number of hydrogen-bond donors (Lipinski definition) is 0. The second kappa shape index (κ2) is 6.23. The number of esters is 1. The fourth-order valence-electron chi connectivity index (χ4n) is 3.08. The zero-order chi connectivity index (χ0) is 15.6. The summed E-state index contributed by atoms with van der Waals surface area (Å²) >= 11 is 0. The lowest BCUT2D eigenvalue weighted by molar-refractivity contribution is 0.0500. The molecular formula is C17H23FN2O2. The molecule has 1 aromatic heterocycles. The molecule has 120 valence electrons. The van der Waals surface area contributed by atoms with Crippen LogP contribution in [0.3, 0.4) is 0 Å². The summed E-state index contributed by atoms with van der Waals surface area (Å²) in [5.41, 5.74) is 0.912. The van der Waals surface area contributed by atoms with E-state index in [0.717, 1.165) is 38.8 Å². The van der Waals surface area contributed by atoms with E-state index in [9.17, 15) is 9.18 Å². The highest BCUT2D eigenvalue weighted by Crippen LogP contribution is 2.53. The van der Waals surface area contributed by atoms with Gasteiger partial charge in [0.05, 0.1) is 6.61 Å². The lowest BCUT2D eigenvalue weighted by Gasteiger charge is -2.33. The topological polar surface area (TPSA) is 42.4 Å². The third-order valence-electron chi connectivity index (χ3n) is 4.87. The van der Waals surface area contributed by atoms with Crippen LogP contribution in [0.5, 0.6) is 0 Å². The smallest absolute Gasteiger partial charge is 0.341 e. The minimum Gasteiger partial charge on any atom is -0.462 e. The predicted octanol–water partition coefficient (Wildman–Crippen LogP) is 3.56. The molecule has 2 fully saturated rings. The Morgan fingerprint density at radius 3 is 2.68 bits per heavy atom. The van der Waals surface area contributed by atoms with Crippen molar-refractivity contribution in [3.8, 4) is 0 Å². The second-order valence-electron chi connectivity index (χ2n) is 6.48. The summed E-state index contributed by atoms with van der Waals surface area (Å²) < 4.78 is 18.8. The molecule has 1 aromatic rings. The van der Waals surface area contributed by atoms with E-state index in [1.165, 1.54) is 25.0 Å². The molecule has 2 aliphatic rings. The number of anilines is 1. The van der Waals surface area contributed by atoms with Crippen LogP contribution in [-0.2, 0) is 4.74 Å². The molecule has 0 N–H and O–H groups in total. The molecule has 1 saturated heterocycles. The average Bonchev–Trinajstić information content (AvgIpc) is 3.27. The first-order valence-corrected chi connectivity index (χ1v) is 8.22. The van der Waals surface area contributed by atoms with E-state index in [-0.39, 0.29) is 0 Å². The number of pyridine rings is 1. The van der Waals surface area contributed by atoms with E-state index in [0.29, 0.717) is 23.4 Å². The molecule has 1 spiro atoms. The molecule has 0 amide bonds. The van der Waals surface area contributed by atoms with Gasteiger partial charge in [-0.2, -0.15) is 4.39 Å². The van der Waals surface area contributed by atoms with E-state index in [1.807, 2.05) is 11.8 Å². The molecule has 0 bridgehead atoms. The number of piperidine rings is 1. The molecule has 0 unspecified atom stereocenters. The molecule has 5 heteroatoms.